The fourth-order valence-electron chi connectivity index (χ4n) is 3.23. The summed E-state index contributed by atoms with van der Waals surface area (Å²) in [7, 11) is 0. The Morgan fingerprint density at radius 3 is 2.78 bits per heavy atom. The average molecular weight is 318 g/mol. The summed E-state index contributed by atoms with van der Waals surface area (Å²) in [5, 5.41) is 0. The quantitative estimate of drug-likeness (QED) is 0.748. The standard InChI is InChI=1S/C14H24BrNO2/c1-3-14(4-2)10-11(7-9-18-14)16-8-5-6-12(15)13(16)17/h11-12H,3-10H2,1-2H3. The zero-order valence-corrected chi connectivity index (χ0v) is 13.0. The van der Waals surface area contributed by atoms with Crippen LogP contribution in [0.1, 0.15) is 52.4 Å². The number of rotatable bonds is 3. The van der Waals surface area contributed by atoms with E-state index in [4.69, 9.17) is 4.74 Å². The minimum Gasteiger partial charge on any atom is -0.375 e. The molecule has 2 rings (SSSR count). The minimum atomic E-state index is 0.00243. The van der Waals surface area contributed by atoms with Crippen LogP contribution in [0, 0.1) is 0 Å². The van der Waals surface area contributed by atoms with Crippen molar-refractivity contribution >= 4 is 21.8 Å². The first kappa shape index (κ1) is 14.3. The van der Waals surface area contributed by atoms with Gasteiger partial charge in [0.1, 0.15) is 0 Å². The molecule has 2 aliphatic rings. The second-order valence-electron chi connectivity index (χ2n) is 5.53. The number of likely N-dealkylation sites (tertiary alicyclic amines) is 1. The molecule has 0 aromatic rings. The molecule has 0 N–H and O–H groups in total. The van der Waals surface area contributed by atoms with E-state index in [-0.39, 0.29) is 16.3 Å². The van der Waals surface area contributed by atoms with Crippen molar-refractivity contribution < 1.29 is 9.53 Å². The highest BCUT2D eigenvalue weighted by Crippen LogP contribution is 2.35. The summed E-state index contributed by atoms with van der Waals surface area (Å²) in [6.07, 6.45) is 6.17. The molecule has 3 nitrogen and oxygen atoms in total. The topological polar surface area (TPSA) is 29.5 Å². The summed E-state index contributed by atoms with van der Waals surface area (Å²) in [4.78, 5) is 14.4. The van der Waals surface area contributed by atoms with E-state index in [1.54, 1.807) is 0 Å². The maximum Gasteiger partial charge on any atom is 0.236 e. The number of ether oxygens (including phenoxy) is 1. The second kappa shape index (κ2) is 5.91. The van der Waals surface area contributed by atoms with Crippen LogP contribution in [0.4, 0.5) is 0 Å². The molecule has 0 saturated carbocycles. The van der Waals surface area contributed by atoms with Gasteiger partial charge in [-0.2, -0.15) is 0 Å². The van der Waals surface area contributed by atoms with Gasteiger partial charge in [0, 0.05) is 19.2 Å². The van der Waals surface area contributed by atoms with Gasteiger partial charge in [0.15, 0.2) is 0 Å². The summed E-state index contributed by atoms with van der Waals surface area (Å²) < 4.78 is 6.00. The van der Waals surface area contributed by atoms with E-state index in [1.807, 2.05) is 0 Å². The smallest absolute Gasteiger partial charge is 0.236 e. The maximum absolute atomic E-state index is 12.3. The number of halogens is 1. The third-order valence-corrected chi connectivity index (χ3v) is 5.45. The third kappa shape index (κ3) is 2.74. The van der Waals surface area contributed by atoms with Crippen LogP contribution in [0.3, 0.4) is 0 Å². The van der Waals surface area contributed by atoms with Crippen LogP contribution in [0.25, 0.3) is 0 Å². The molecule has 2 saturated heterocycles. The van der Waals surface area contributed by atoms with E-state index >= 15 is 0 Å². The number of hydrogen-bond acceptors (Lipinski definition) is 2. The Bertz CT molecular complexity index is 304. The fraction of sp³-hybridized carbons (Fsp3) is 0.929. The van der Waals surface area contributed by atoms with Crippen molar-refractivity contribution in [3.8, 4) is 0 Å². The largest absolute Gasteiger partial charge is 0.375 e. The molecule has 1 amide bonds. The molecule has 4 heteroatoms. The lowest BCUT2D eigenvalue weighted by molar-refractivity contribution is -0.145. The molecule has 2 aliphatic heterocycles. The molecule has 0 radical (unpaired) electrons. The summed E-state index contributed by atoms with van der Waals surface area (Å²) in [6.45, 7) is 6.10. The Balaban J connectivity index is 2.06. The molecule has 2 unspecified atom stereocenters. The molecule has 104 valence electrons. The molecule has 0 bridgehead atoms. The van der Waals surface area contributed by atoms with Crippen molar-refractivity contribution in [2.75, 3.05) is 13.2 Å². The zero-order chi connectivity index (χ0) is 13.2. The first-order valence-electron chi connectivity index (χ1n) is 7.20. The molecule has 18 heavy (non-hydrogen) atoms. The Kier molecular flexibility index (Phi) is 4.70. The van der Waals surface area contributed by atoms with Gasteiger partial charge in [-0.25, -0.2) is 0 Å². The predicted molar refractivity (Wildman–Crippen MR) is 75.9 cm³/mol. The van der Waals surface area contributed by atoms with Crippen molar-refractivity contribution in [1.29, 1.82) is 0 Å². The van der Waals surface area contributed by atoms with Gasteiger partial charge in [-0.1, -0.05) is 29.8 Å². The third-order valence-electron chi connectivity index (χ3n) is 4.60. The number of nitrogens with zero attached hydrogens (tertiary/aromatic N) is 1. The maximum atomic E-state index is 12.3. The van der Waals surface area contributed by atoms with Crippen molar-refractivity contribution in [3.63, 3.8) is 0 Å². The van der Waals surface area contributed by atoms with Gasteiger partial charge in [0.2, 0.25) is 5.91 Å². The molecular weight excluding hydrogens is 294 g/mol. The Morgan fingerprint density at radius 2 is 2.11 bits per heavy atom. The lowest BCUT2D eigenvalue weighted by Gasteiger charge is -2.45. The number of hydrogen-bond donors (Lipinski definition) is 0. The van der Waals surface area contributed by atoms with E-state index in [9.17, 15) is 4.79 Å². The molecule has 0 aromatic heterocycles. The Labute approximate surface area is 118 Å². The summed E-state index contributed by atoms with van der Waals surface area (Å²) in [6, 6.07) is 0.381. The Morgan fingerprint density at radius 1 is 1.39 bits per heavy atom. The van der Waals surface area contributed by atoms with Crippen molar-refractivity contribution in [2.45, 2.75) is 68.8 Å². The molecule has 2 atom stereocenters. The van der Waals surface area contributed by atoms with Gasteiger partial charge in [-0.3, -0.25) is 4.79 Å². The molecule has 0 aliphatic carbocycles. The van der Waals surface area contributed by atoms with Crippen LogP contribution >= 0.6 is 15.9 Å². The summed E-state index contributed by atoms with van der Waals surface area (Å²) in [5.74, 6) is 0.286. The average Bonchev–Trinajstić information content (AvgIpc) is 2.42. The molecular formula is C14H24BrNO2. The van der Waals surface area contributed by atoms with Gasteiger partial charge in [-0.05, 0) is 38.5 Å². The van der Waals surface area contributed by atoms with Gasteiger partial charge >= 0.3 is 0 Å². The van der Waals surface area contributed by atoms with E-state index < -0.39 is 0 Å². The zero-order valence-electron chi connectivity index (χ0n) is 11.5. The molecule has 0 aromatic carbocycles. The van der Waals surface area contributed by atoms with Crippen molar-refractivity contribution in [3.05, 3.63) is 0 Å². The summed E-state index contributed by atoms with van der Waals surface area (Å²) in [5.41, 5.74) is 0.00243. The molecule has 2 heterocycles. The SMILES string of the molecule is CCC1(CC)CC(N2CCCC(Br)C2=O)CCO1. The van der Waals surface area contributed by atoms with Gasteiger partial charge in [-0.15, -0.1) is 0 Å². The second-order valence-corrected chi connectivity index (χ2v) is 6.63. The van der Waals surface area contributed by atoms with Crippen LogP contribution in [0.5, 0.6) is 0 Å². The van der Waals surface area contributed by atoms with Crippen LogP contribution < -0.4 is 0 Å². The number of alkyl halides is 1. The van der Waals surface area contributed by atoms with Crippen LogP contribution in [-0.2, 0) is 9.53 Å². The first-order valence-corrected chi connectivity index (χ1v) is 8.12. The highest BCUT2D eigenvalue weighted by molar-refractivity contribution is 9.10. The highest BCUT2D eigenvalue weighted by atomic mass is 79.9. The molecule has 2 fully saturated rings. The lowest BCUT2D eigenvalue weighted by atomic mass is 9.84. The monoisotopic (exact) mass is 317 g/mol. The van der Waals surface area contributed by atoms with E-state index in [0.29, 0.717) is 6.04 Å². The first-order chi connectivity index (χ1) is 8.62. The van der Waals surface area contributed by atoms with Gasteiger partial charge < -0.3 is 9.64 Å². The number of amides is 1. The van der Waals surface area contributed by atoms with E-state index in [1.165, 1.54) is 0 Å². The number of carbonyl (C=O) groups is 1. The van der Waals surface area contributed by atoms with Crippen molar-refractivity contribution in [2.24, 2.45) is 0 Å². The predicted octanol–water partition coefficient (Wildman–Crippen LogP) is 3.11. The van der Waals surface area contributed by atoms with Crippen LogP contribution in [0.2, 0.25) is 0 Å². The normalized spacial score (nSPS) is 32.6. The van der Waals surface area contributed by atoms with E-state index in [2.05, 4.69) is 34.7 Å². The van der Waals surface area contributed by atoms with Gasteiger partial charge in [0.05, 0.1) is 10.4 Å². The van der Waals surface area contributed by atoms with Crippen molar-refractivity contribution in [1.82, 2.24) is 4.90 Å². The number of carbonyl (C=O) groups excluding carboxylic acids is 1. The summed E-state index contributed by atoms with van der Waals surface area (Å²) >= 11 is 3.50. The Hall–Kier alpha value is -0.0900. The number of piperidine rings is 1. The van der Waals surface area contributed by atoms with Crippen LogP contribution in [-0.4, -0.2) is 40.4 Å². The lowest BCUT2D eigenvalue weighted by Crippen LogP contribution is -2.53. The van der Waals surface area contributed by atoms with Gasteiger partial charge in [0.25, 0.3) is 0 Å². The fourth-order valence-corrected chi connectivity index (χ4v) is 3.81. The minimum absolute atomic E-state index is 0.00243. The highest BCUT2D eigenvalue weighted by Gasteiger charge is 2.40. The van der Waals surface area contributed by atoms with Crippen LogP contribution in [0.15, 0.2) is 0 Å². The van der Waals surface area contributed by atoms with E-state index in [0.717, 1.165) is 51.7 Å². The molecule has 0 spiro atoms.